The molecule has 3 N–H and O–H groups in total. The van der Waals surface area contributed by atoms with Gasteiger partial charge in [-0.3, -0.25) is 9.59 Å². The largest absolute Gasteiger partial charge is 0.345 e. The number of nitrogens with one attached hydrogen (secondary N) is 1. The van der Waals surface area contributed by atoms with Crippen LogP contribution in [0.15, 0.2) is 59.4 Å². The topological polar surface area (TPSA) is 77.1 Å². The van der Waals surface area contributed by atoms with E-state index in [4.69, 9.17) is 5.84 Å². The maximum atomic E-state index is 13.0. The maximum absolute atomic E-state index is 13.0. The Morgan fingerprint density at radius 1 is 1.08 bits per heavy atom. The first-order valence-corrected chi connectivity index (χ1v) is 8.29. The SMILES string of the molecule is CC[C@H](NC(=O)c1c(C)n(N)c(=O)c2ccccc12)c1ccccc1. The molecule has 0 aliphatic rings. The van der Waals surface area contributed by atoms with Gasteiger partial charge in [0.05, 0.1) is 17.3 Å². The van der Waals surface area contributed by atoms with E-state index in [0.717, 1.165) is 16.7 Å². The molecule has 0 aliphatic heterocycles. The summed E-state index contributed by atoms with van der Waals surface area (Å²) in [6.07, 6.45) is 0.759. The van der Waals surface area contributed by atoms with Crippen molar-refractivity contribution in [2.45, 2.75) is 26.3 Å². The third-order valence-corrected chi connectivity index (χ3v) is 4.51. The molecule has 1 heterocycles. The summed E-state index contributed by atoms with van der Waals surface area (Å²) in [6, 6.07) is 16.8. The Morgan fingerprint density at radius 2 is 1.68 bits per heavy atom. The van der Waals surface area contributed by atoms with Crippen LogP contribution < -0.4 is 16.7 Å². The molecular formula is C20H21N3O2. The van der Waals surface area contributed by atoms with Crippen LogP contribution in [0.5, 0.6) is 0 Å². The minimum absolute atomic E-state index is 0.106. The zero-order valence-corrected chi connectivity index (χ0v) is 14.3. The Morgan fingerprint density at radius 3 is 2.32 bits per heavy atom. The van der Waals surface area contributed by atoms with E-state index in [1.54, 1.807) is 25.1 Å². The normalized spacial score (nSPS) is 12.1. The second kappa shape index (κ2) is 6.81. The summed E-state index contributed by atoms with van der Waals surface area (Å²) in [5, 5.41) is 4.13. The van der Waals surface area contributed by atoms with Crippen molar-refractivity contribution in [2.75, 3.05) is 5.84 Å². The smallest absolute Gasteiger partial charge is 0.276 e. The van der Waals surface area contributed by atoms with E-state index < -0.39 is 0 Å². The van der Waals surface area contributed by atoms with Gasteiger partial charge < -0.3 is 11.2 Å². The van der Waals surface area contributed by atoms with Crippen LogP contribution in [0.1, 0.15) is 41.0 Å². The number of nitrogen functional groups attached to an aromatic ring is 1. The molecule has 3 rings (SSSR count). The quantitative estimate of drug-likeness (QED) is 0.720. The number of rotatable bonds is 4. The van der Waals surface area contributed by atoms with E-state index >= 15 is 0 Å². The predicted molar refractivity (Wildman–Crippen MR) is 100 cm³/mol. The summed E-state index contributed by atoms with van der Waals surface area (Å²) in [7, 11) is 0. The van der Waals surface area contributed by atoms with Crippen molar-refractivity contribution in [1.29, 1.82) is 0 Å². The van der Waals surface area contributed by atoms with Crippen LogP contribution in [0, 0.1) is 6.92 Å². The molecule has 0 unspecified atom stereocenters. The van der Waals surface area contributed by atoms with Crippen molar-refractivity contribution in [3.05, 3.63) is 81.8 Å². The molecule has 5 heteroatoms. The molecule has 5 nitrogen and oxygen atoms in total. The van der Waals surface area contributed by atoms with Gasteiger partial charge >= 0.3 is 0 Å². The van der Waals surface area contributed by atoms with Crippen molar-refractivity contribution in [2.24, 2.45) is 0 Å². The molecule has 2 aromatic carbocycles. The number of fused-ring (bicyclic) bond motifs is 1. The van der Waals surface area contributed by atoms with Crippen LogP contribution in [0.2, 0.25) is 0 Å². The first-order valence-electron chi connectivity index (χ1n) is 8.29. The maximum Gasteiger partial charge on any atom is 0.276 e. The fourth-order valence-corrected chi connectivity index (χ4v) is 3.11. The highest BCUT2D eigenvalue weighted by molar-refractivity contribution is 6.07. The van der Waals surface area contributed by atoms with Crippen LogP contribution in [0.25, 0.3) is 10.8 Å². The van der Waals surface area contributed by atoms with Crippen LogP contribution in [-0.2, 0) is 0 Å². The van der Waals surface area contributed by atoms with Crippen LogP contribution in [0.3, 0.4) is 0 Å². The summed E-state index contributed by atoms with van der Waals surface area (Å²) in [6.45, 7) is 3.71. The van der Waals surface area contributed by atoms with Crippen molar-refractivity contribution in [1.82, 2.24) is 9.99 Å². The predicted octanol–water partition coefficient (Wildman–Crippen LogP) is 2.90. The van der Waals surface area contributed by atoms with Crippen molar-refractivity contribution in [3.63, 3.8) is 0 Å². The highest BCUT2D eigenvalue weighted by Crippen LogP contribution is 2.21. The lowest BCUT2D eigenvalue weighted by atomic mass is 10.0. The summed E-state index contributed by atoms with van der Waals surface area (Å²) in [5.41, 5.74) is 1.62. The lowest BCUT2D eigenvalue weighted by Gasteiger charge is -2.20. The molecular weight excluding hydrogens is 314 g/mol. The van der Waals surface area contributed by atoms with Gasteiger partial charge in [0.15, 0.2) is 0 Å². The second-order valence-electron chi connectivity index (χ2n) is 6.03. The molecule has 0 fully saturated rings. The highest BCUT2D eigenvalue weighted by atomic mass is 16.2. The zero-order valence-electron chi connectivity index (χ0n) is 14.3. The number of benzene rings is 2. The monoisotopic (exact) mass is 335 g/mol. The Balaban J connectivity index is 2.07. The molecule has 0 spiro atoms. The Kier molecular flexibility index (Phi) is 4.57. The summed E-state index contributed by atoms with van der Waals surface area (Å²) in [5.74, 6) is 5.65. The molecule has 1 aromatic heterocycles. The van der Waals surface area contributed by atoms with Gasteiger partial charge in [0.1, 0.15) is 0 Å². The number of nitrogens with two attached hydrogens (primary N) is 1. The molecule has 0 bridgehead atoms. The van der Waals surface area contributed by atoms with Gasteiger partial charge in [0.25, 0.3) is 11.5 Å². The fraction of sp³-hybridized carbons (Fsp3) is 0.200. The summed E-state index contributed by atoms with van der Waals surface area (Å²) < 4.78 is 1.04. The van der Waals surface area contributed by atoms with Gasteiger partial charge in [-0.15, -0.1) is 0 Å². The van der Waals surface area contributed by atoms with E-state index in [9.17, 15) is 9.59 Å². The lowest BCUT2D eigenvalue weighted by molar-refractivity contribution is 0.0936. The molecule has 1 amide bonds. The standard InChI is InChI=1S/C20H21N3O2/c1-3-17(14-9-5-4-6-10-14)22-19(24)18-13(2)23(21)20(25)16-12-8-7-11-15(16)18/h4-12,17H,3,21H2,1-2H3,(H,22,24)/t17-/m0/s1. The molecule has 0 saturated heterocycles. The van der Waals surface area contributed by atoms with Gasteiger partial charge in [-0.1, -0.05) is 55.5 Å². The number of amides is 1. The van der Waals surface area contributed by atoms with E-state index in [2.05, 4.69) is 5.32 Å². The fourth-order valence-electron chi connectivity index (χ4n) is 3.11. The number of carbonyl (C=O) groups is 1. The molecule has 1 atom stereocenters. The zero-order chi connectivity index (χ0) is 18.0. The molecule has 128 valence electrons. The molecule has 0 radical (unpaired) electrons. The number of hydrogen-bond acceptors (Lipinski definition) is 3. The summed E-state index contributed by atoms with van der Waals surface area (Å²) >= 11 is 0. The Bertz CT molecular complexity index is 977. The number of aromatic nitrogens is 1. The first-order chi connectivity index (χ1) is 12.0. The lowest BCUT2D eigenvalue weighted by Crippen LogP contribution is -2.35. The van der Waals surface area contributed by atoms with E-state index in [0.29, 0.717) is 22.0 Å². The van der Waals surface area contributed by atoms with Gasteiger partial charge in [0, 0.05) is 10.8 Å². The molecule has 25 heavy (non-hydrogen) atoms. The average molecular weight is 335 g/mol. The van der Waals surface area contributed by atoms with E-state index in [1.807, 2.05) is 43.3 Å². The Hall–Kier alpha value is -3.08. The third-order valence-electron chi connectivity index (χ3n) is 4.51. The number of nitrogens with zero attached hydrogens (tertiary/aromatic N) is 1. The second-order valence-corrected chi connectivity index (χ2v) is 6.03. The summed E-state index contributed by atoms with van der Waals surface area (Å²) in [4.78, 5) is 25.3. The average Bonchev–Trinajstić information content (AvgIpc) is 2.65. The minimum atomic E-state index is -0.306. The van der Waals surface area contributed by atoms with Gasteiger partial charge in [-0.25, -0.2) is 4.68 Å². The van der Waals surface area contributed by atoms with Crippen LogP contribution in [0.4, 0.5) is 0 Å². The number of carbonyl (C=O) groups excluding carboxylic acids is 1. The van der Waals surface area contributed by atoms with Crippen LogP contribution in [-0.4, -0.2) is 10.6 Å². The Labute approximate surface area is 146 Å². The first kappa shape index (κ1) is 16.8. The van der Waals surface area contributed by atoms with E-state index in [-0.39, 0.29) is 17.5 Å². The molecule has 0 aliphatic carbocycles. The van der Waals surface area contributed by atoms with Gasteiger partial charge in [-0.2, -0.15) is 0 Å². The molecule has 0 saturated carbocycles. The van der Waals surface area contributed by atoms with Gasteiger partial charge in [-0.05, 0) is 25.0 Å². The van der Waals surface area contributed by atoms with Gasteiger partial charge in [0.2, 0.25) is 0 Å². The minimum Gasteiger partial charge on any atom is -0.345 e. The molecule has 3 aromatic rings. The van der Waals surface area contributed by atoms with E-state index in [1.165, 1.54) is 0 Å². The number of pyridine rings is 1. The third kappa shape index (κ3) is 3.01. The van der Waals surface area contributed by atoms with Crippen molar-refractivity contribution >= 4 is 16.7 Å². The number of hydrogen-bond donors (Lipinski definition) is 2. The van der Waals surface area contributed by atoms with Crippen LogP contribution >= 0.6 is 0 Å². The highest BCUT2D eigenvalue weighted by Gasteiger charge is 2.21. The van der Waals surface area contributed by atoms with Crippen molar-refractivity contribution < 1.29 is 4.79 Å². The van der Waals surface area contributed by atoms with Crippen molar-refractivity contribution in [3.8, 4) is 0 Å².